The summed E-state index contributed by atoms with van der Waals surface area (Å²) in [5.41, 5.74) is -0.752. The number of hydrogen-bond acceptors (Lipinski definition) is 5. The largest absolute Gasteiger partial charge is 0.486 e. The lowest BCUT2D eigenvalue weighted by Crippen LogP contribution is -2.56. The van der Waals surface area contributed by atoms with Crippen molar-refractivity contribution in [3.05, 3.63) is 58.0 Å². The number of nitrogens with one attached hydrogen (secondary N) is 2. The maximum absolute atomic E-state index is 12.9. The quantitative estimate of drug-likeness (QED) is 0.824. The van der Waals surface area contributed by atoms with E-state index in [1.54, 1.807) is 6.92 Å². The number of rotatable bonds is 4. The van der Waals surface area contributed by atoms with Crippen molar-refractivity contribution in [2.45, 2.75) is 19.6 Å². The number of benzene rings is 1. The van der Waals surface area contributed by atoms with Crippen LogP contribution < -0.4 is 15.6 Å². The Kier molecular flexibility index (Phi) is 4.97. The van der Waals surface area contributed by atoms with E-state index in [-0.39, 0.29) is 29.7 Å². The van der Waals surface area contributed by atoms with Gasteiger partial charge in [0.15, 0.2) is 0 Å². The fourth-order valence-corrected chi connectivity index (χ4v) is 2.55. The van der Waals surface area contributed by atoms with Gasteiger partial charge in [-0.2, -0.15) is 0 Å². The molecule has 0 aliphatic carbocycles. The predicted octanol–water partition coefficient (Wildman–Crippen LogP) is 0.448. The first kappa shape index (κ1) is 17.6. The van der Waals surface area contributed by atoms with Crippen molar-refractivity contribution in [3.8, 4) is 5.75 Å². The lowest BCUT2D eigenvalue weighted by molar-refractivity contribution is -0.127. The van der Waals surface area contributed by atoms with Gasteiger partial charge in [0.2, 0.25) is 5.91 Å². The van der Waals surface area contributed by atoms with Crippen molar-refractivity contribution in [3.63, 3.8) is 0 Å². The number of hydrogen-bond donors (Lipinski definition) is 2. The average molecular weight is 360 g/mol. The van der Waals surface area contributed by atoms with Crippen LogP contribution >= 0.6 is 0 Å². The van der Waals surface area contributed by atoms with Crippen molar-refractivity contribution in [1.29, 1.82) is 0 Å². The molecule has 0 bridgehead atoms. The Bertz CT molecular complexity index is 881. The van der Waals surface area contributed by atoms with Gasteiger partial charge in [-0.3, -0.25) is 14.4 Å². The highest BCUT2D eigenvalue weighted by Crippen LogP contribution is 2.12. The Morgan fingerprint density at radius 2 is 2.08 bits per heavy atom. The van der Waals surface area contributed by atoms with Gasteiger partial charge in [0, 0.05) is 19.3 Å². The van der Waals surface area contributed by atoms with Crippen LogP contribution in [0.25, 0.3) is 0 Å². The third-order valence-electron chi connectivity index (χ3n) is 4.03. The minimum absolute atomic E-state index is 0.0438. The fourth-order valence-electron chi connectivity index (χ4n) is 2.55. The van der Waals surface area contributed by atoms with Gasteiger partial charge in [0.05, 0.1) is 0 Å². The molecule has 1 aromatic heterocycles. The second-order valence-corrected chi connectivity index (χ2v) is 5.78. The maximum Gasteiger partial charge on any atom is 0.263 e. The molecular weight excluding hydrogens is 343 g/mol. The first-order valence-electron chi connectivity index (χ1n) is 8.01. The Morgan fingerprint density at radius 3 is 2.77 bits per heavy atom. The number of carbonyl (C=O) groups is 2. The van der Waals surface area contributed by atoms with E-state index in [1.165, 1.54) is 35.4 Å². The van der Waals surface area contributed by atoms with Crippen LogP contribution in [-0.4, -0.2) is 45.8 Å². The maximum atomic E-state index is 12.9. The lowest BCUT2D eigenvalue weighted by atomic mass is 10.1. The normalized spacial score (nSPS) is 16.9. The first-order chi connectivity index (χ1) is 12.5. The van der Waals surface area contributed by atoms with Crippen LogP contribution in [0.3, 0.4) is 0 Å². The van der Waals surface area contributed by atoms with Crippen LogP contribution in [0, 0.1) is 5.82 Å². The number of aromatic nitrogens is 2. The zero-order valence-electron chi connectivity index (χ0n) is 14.0. The summed E-state index contributed by atoms with van der Waals surface area (Å²) in [6.07, 6.45) is 1.17. The van der Waals surface area contributed by atoms with E-state index in [4.69, 9.17) is 4.74 Å². The molecule has 1 fully saturated rings. The van der Waals surface area contributed by atoms with Gasteiger partial charge < -0.3 is 19.9 Å². The summed E-state index contributed by atoms with van der Waals surface area (Å²) in [5, 5.41) is 2.65. The molecule has 2 amide bonds. The first-order valence-corrected chi connectivity index (χ1v) is 8.01. The summed E-state index contributed by atoms with van der Waals surface area (Å²) in [7, 11) is 0. The van der Waals surface area contributed by atoms with Gasteiger partial charge in [-0.05, 0) is 31.2 Å². The molecule has 1 aromatic carbocycles. The molecule has 136 valence electrons. The zero-order chi connectivity index (χ0) is 18.7. The van der Waals surface area contributed by atoms with Crippen molar-refractivity contribution in [2.24, 2.45) is 0 Å². The smallest absolute Gasteiger partial charge is 0.263 e. The minimum Gasteiger partial charge on any atom is -0.486 e. The van der Waals surface area contributed by atoms with Crippen molar-refractivity contribution in [2.75, 3.05) is 13.1 Å². The van der Waals surface area contributed by atoms with E-state index in [1.807, 2.05) is 0 Å². The lowest BCUT2D eigenvalue weighted by Gasteiger charge is -2.32. The number of piperazine rings is 1. The molecule has 26 heavy (non-hydrogen) atoms. The second kappa shape index (κ2) is 7.34. The summed E-state index contributed by atoms with van der Waals surface area (Å²) in [5.74, 6) is -0.555. The Morgan fingerprint density at radius 1 is 1.35 bits per heavy atom. The third-order valence-corrected chi connectivity index (χ3v) is 4.03. The van der Waals surface area contributed by atoms with Gasteiger partial charge in [0.25, 0.3) is 11.5 Å². The Balaban J connectivity index is 1.71. The van der Waals surface area contributed by atoms with E-state index in [0.29, 0.717) is 18.8 Å². The third kappa shape index (κ3) is 3.71. The van der Waals surface area contributed by atoms with Crippen LogP contribution in [0.4, 0.5) is 4.39 Å². The van der Waals surface area contributed by atoms with Gasteiger partial charge in [0.1, 0.15) is 35.6 Å². The molecule has 0 spiro atoms. The number of aromatic amines is 1. The molecule has 9 heteroatoms. The van der Waals surface area contributed by atoms with E-state index in [9.17, 15) is 18.8 Å². The highest BCUT2D eigenvalue weighted by Gasteiger charge is 2.31. The number of carbonyl (C=O) groups excluding carboxylic acids is 2. The Labute approximate surface area is 148 Å². The second-order valence-electron chi connectivity index (χ2n) is 5.78. The van der Waals surface area contributed by atoms with Crippen LogP contribution in [0.15, 0.2) is 35.3 Å². The number of ether oxygens (including phenoxy) is 1. The molecule has 1 saturated heterocycles. The molecule has 1 aliphatic rings. The van der Waals surface area contributed by atoms with E-state index in [2.05, 4.69) is 15.3 Å². The highest BCUT2D eigenvalue weighted by molar-refractivity contribution is 5.97. The van der Waals surface area contributed by atoms with Crippen LogP contribution in [0.1, 0.15) is 23.1 Å². The summed E-state index contributed by atoms with van der Waals surface area (Å²) in [6.45, 7) is 2.21. The number of amides is 2. The molecule has 2 heterocycles. The molecule has 2 N–H and O–H groups in total. The molecule has 1 atom stereocenters. The zero-order valence-corrected chi connectivity index (χ0v) is 14.0. The van der Waals surface area contributed by atoms with Crippen LogP contribution in [0.2, 0.25) is 0 Å². The van der Waals surface area contributed by atoms with Crippen LogP contribution in [-0.2, 0) is 11.4 Å². The van der Waals surface area contributed by atoms with Gasteiger partial charge >= 0.3 is 0 Å². The van der Waals surface area contributed by atoms with E-state index < -0.39 is 17.5 Å². The van der Waals surface area contributed by atoms with Gasteiger partial charge in [-0.1, -0.05) is 0 Å². The average Bonchev–Trinajstić information content (AvgIpc) is 2.63. The van der Waals surface area contributed by atoms with E-state index in [0.717, 1.165) is 0 Å². The SMILES string of the molecule is C[C@H]1C(=O)NCCN1C(=O)c1cnc(COc2ccc(F)cc2)[nH]c1=O. The topological polar surface area (TPSA) is 104 Å². The molecule has 2 aromatic rings. The molecule has 0 saturated carbocycles. The van der Waals surface area contributed by atoms with Gasteiger partial charge in [-0.15, -0.1) is 0 Å². The summed E-state index contributed by atoms with van der Waals surface area (Å²) < 4.78 is 18.3. The summed E-state index contributed by atoms with van der Waals surface area (Å²) >= 11 is 0. The number of halogens is 1. The van der Waals surface area contributed by atoms with Crippen molar-refractivity contribution in [1.82, 2.24) is 20.2 Å². The van der Waals surface area contributed by atoms with Gasteiger partial charge in [-0.25, -0.2) is 9.37 Å². The summed E-state index contributed by atoms with van der Waals surface area (Å²) in [4.78, 5) is 44.3. The minimum atomic E-state index is -0.655. The van der Waals surface area contributed by atoms with E-state index >= 15 is 0 Å². The highest BCUT2D eigenvalue weighted by atomic mass is 19.1. The standard InChI is InChI=1S/C17H17FN4O4/c1-10-15(23)19-6-7-22(10)17(25)13-8-20-14(21-16(13)24)9-26-12-4-2-11(18)3-5-12/h2-5,8,10H,6-7,9H2,1H3,(H,19,23)(H,20,21,24)/t10-/m0/s1. The van der Waals surface area contributed by atoms with Crippen LogP contribution in [0.5, 0.6) is 5.75 Å². The predicted molar refractivity (Wildman–Crippen MR) is 89.1 cm³/mol. The number of nitrogens with zero attached hydrogens (tertiary/aromatic N) is 2. The molecule has 8 nitrogen and oxygen atoms in total. The molecular formula is C17H17FN4O4. The van der Waals surface area contributed by atoms with Crippen molar-refractivity contribution >= 4 is 11.8 Å². The Hall–Kier alpha value is -3.23. The molecule has 0 unspecified atom stereocenters. The fraction of sp³-hybridized carbons (Fsp3) is 0.294. The molecule has 3 rings (SSSR count). The molecule has 1 aliphatic heterocycles. The summed E-state index contributed by atoms with van der Waals surface area (Å²) in [6, 6.07) is 4.76. The number of H-pyrrole nitrogens is 1. The monoisotopic (exact) mass is 360 g/mol. The van der Waals surface area contributed by atoms with Crippen molar-refractivity contribution < 1.29 is 18.7 Å². The molecule has 0 radical (unpaired) electrons.